The second-order valence-electron chi connectivity index (χ2n) is 10.4. The van der Waals surface area contributed by atoms with Crippen LogP contribution in [0.15, 0.2) is 90.0 Å². The van der Waals surface area contributed by atoms with Crippen LogP contribution in [0.3, 0.4) is 0 Å². The van der Waals surface area contributed by atoms with Gasteiger partial charge >= 0.3 is 0 Å². The maximum absolute atomic E-state index is 12.7. The molecule has 1 aliphatic rings. The molecule has 0 saturated carbocycles. The number of nitrogens with one attached hydrogen (secondary N) is 1. The summed E-state index contributed by atoms with van der Waals surface area (Å²) in [7, 11) is 0. The molecule has 0 radical (unpaired) electrons. The molecule has 4 aromatic rings. The van der Waals surface area contributed by atoms with E-state index in [2.05, 4.69) is 106 Å². The van der Waals surface area contributed by atoms with E-state index in [1.54, 1.807) is 6.21 Å². The van der Waals surface area contributed by atoms with Crippen LogP contribution in [0, 0.1) is 20.8 Å². The number of hydrogen-bond acceptors (Lipinski definition) is 4. The van der Waals surface area contributed by atoms with Gasteiger partial charge in [0, 0.05) is 67.5 Å². The normalized spacial score (nSPS) is 14.6. The van der Waals surface area contributed by atoms with Gasteiger partial charge in [-0.25, -0.2) is 5.43 Å². The van der Waals surface area contributed by atoms with Gasteiger partial charge in [-0.1, -0.05) is 60.2 Å². The third kappa shape index (κ3) is 6.72. The molecule has 1 amide bonds. The molecule has 1 saturated heterocycles. The largest absolute Gasteiger partial charge is 0.318 e. The topological polar surface area (TPSA) is 52.9 Å². The summed E-state index contributed by atoms with van der Waals surface area (Å²) in [5.41, 5.74) is 11.4. The molecule has 1 aromatic heterocycles. The lowest BCUT2D eigenvalue weighted by molar-refractivity contribution is 0.0955. The van der Waals surface area contributed by atoms with E-state index < -0.39 is 0 Å². The Labute approximate surface area is 231 Å². The van der Waals surface area contributed by atoms with Crippen LogP contribution in [0.1, 0.15) is 44.0 Å². The first-order valence-electron chi connectivity index (χ1n) is 13.6. The Morgan fingerprint density at radius 2 is 1.38 bits per heavy atom. The van der Waals surface area contributed by atoms with Crippen LogP contribution in [-0.4, -0.2) is 52.7 Å². The monoisotopic (exact) mass is 519 g/mol. The predicted octanol–water partition coefficient (Wildman–Crippen LogP) is 5.48. The van der Waals surface area contributed by atoms with Gasteiger partial charge in [0.05, 0.1) is 6.21 Å². The molecule has 0 aliphatic carbocycles. The van der Waals surface area contributed by atoms with Crippen molar-refractivity contribution in [2.45, 2.75) is 33.9 Å². The van der Waals surface area contributed by atoms with Gasteiger partial charge in [-0.15, -0.1) is 0 Å². The van der Waals surface area contributed by atoms with Gasteiger partial charge in [-0.2, -0.15) is 5.10 Å². The Balaban J connectivity index is 1.11. The maximum atomic E-state index is 12.7. The predicted molar refractivity (Wildman–Crippen MR) is 158 cm³/mol. The van der Waals surface area contributed by atoms with Crippen molar-refractivity contribution < 1.29 is 4.79 Å². The Hall–Kier alpha value is -4.00. The summed E-state index contributed by atoms with van der Waals surface area (Å²) in [5.74, 6) is -0.209. The molecule has 6 nitrogen and oxygen atoms in total. The molecular weight excluding hydrogens is 482 g/mol. The van der Waals surface area contributed by atoms with Crippen molar-refractivity contribution in [3.63, 3.8) is 0 Å². The van der Waals surface area contributed by atoms with Crippen LogP contribution >= 0.6 is 0 Å². The third-order valence-electron chi connectivity index (χ3n) is 7.47. The average molecular weight is 520 g/mol. The van der Waals surface area contributed by atoms with Gasteiger partial charge in [0.2, 0.25) is 0 Å². The van der Waals surface area contributed by atoms with Gasteiger partial charge in [-0.05, 0) is 62.2 Å². The lowest BCUT2D eigenvalue weighted by atomic mass is 10.1. The highest BCUT2D eigenvalue weighted by atomic mass is 16.2. The van der Waals surface area contributed by atoms with Crippen molar-refractivity contribution in [2.24, 2.45) is 5.10 Å². The first-order chi connectivity index (χ1) is 19.0. The number of hydrogen-bond donors (Lipinski definition) is 1. The van der Waals surface area contributed by atoms with E-state index in [1.807, 2.05) is 24.3 Å². The van der Waals surface area contributed by atoms with Crippen LogP contribution < -0.4 is 5.43 Å². The zero-order valence-electron chi connectivity index (χ0n) is 23.1. The molecule has 5 rings (SSSR count). The molecule has 2 heterocycles. The van der Waals surface area contributed by atoms with Gasteiger partial charge < -0.3 is 4.57 Å². The quantitative estimate of drug-likeness (QED) is 0.248. The fourth-order valence-corrected chi connectivity index (χ4v) is 5.20. The number of rotatable bonds is 8. The molecule has 0 spiro atoms. The van der Waals surface area contributed by atoms with Crippen LogP contribution in [0.25, 0.3) is 5.69 Å². The molecule has 3 aromatic carbocycles. The zero-order valence-corrected chi connectivity index (χ0v) is 23.1. The van der Waals surface area contributed by atoms with Gasteiger partial charge in [0.25, 0.3) is 5.91 Å². The van der Waals surface area contributed by atoms with Gasteiger partial charge in [0.1, 0.15) is 0 Å². The van der Waals surface area contributed by atoms with E-state index in [1.165, 1.54) is 16.7 Å². The van der Waals surface area contributed by atoms with Crippen molar-refractivity contribution in [1.29, 1.82) is 0 Å². The van der Waals surface area contributed by atoms with E-state index in [-0.39, 0.29) is 5.91 Å². The number of piperazine rings is 1. The molecule has 6 heteroatoms. The van der Waals surface area contributed by atoms with Crippen molar-refractivity contribution in [3.8, 4) is 5.69 Å². The number of benzene rings is 3. The molecule has 39 heavy (non-hydrogen) atoms. The van der Waals surface area contributed by atoms with E-state index in [0.29, 0.717) is 5.56 Å². The highest BCUT2D eigenvalue weighted by Gasteiger charge is 2.17. The van der Waals surface area contributed by atoms with Crippen LogP contribution in [0.2, 0.25) is 0 Å². The number of aryl methyl sites for hydroxylation is 2. The molecular formula is C33H37N5O. The van der Waals surface area contributed by atoms with Gasteiger partial charge in [0.15, 0.2) is 0 Å². The van der Waals surface area contributed by atoms with Crippen molar-refractivity contribution in [2.75, 3.05) is 26.2 Å². The number of aromatic nitrogens is 1. The summed E-state index contributed by atoms with van der Waals surface area (Å²) in [6.45, 7) is 12.4. The zero-order chi connectivity index (χ0) is 27.2. The molecule has 1 fully saturated rings. The number of hydrazone groups is 1. The SMILES string of the molecule is Cc1ccc(-n2c(C)cc(/C=N/NC(=O)c3ccc(CN4CCN(Cc5ccccc5)CC4)cc3)c2C)cc1. The summed E-state index contributed by atoms with van der Waals surface area (Å²) in [6.07, 6.45) is 1.72. The van der Waals surface area contributed by atoms with Crippen LogP contribution in [0.4, 0.5) is 0 Å². The summed E-state index contributed by atoms with van der Waals surface area (Å²) < 4.78 is 2.20. The lowest BCUT2D eigenvalue weighted by Crippen LogP contribution is -2.45. The third-order valence-corrected chi connectivity index (χ3v) is 7.47. The first kappa shape index (κ1) is 26.6. The van der Waals surface area contributed by atoms with Crippen LogP contribution in [-0.2, 0) is 13.1 Å². The molecule has 0 bridgehead atoms. The van der Waals surface area contributed by atoms with E-state index >= 15 is 0 Å². The Bertz CT molecular complexity index is 1410. The van der Waals surface area contributed by atoms with Crippen molar-refractivity contribution >= 4 is 12.1 Å². The second-order valence-corrected chi connectivity index (χ2v) is 10.4. The highest BCUT2D eigenvalue weighted by molar-refractivity contribution is 5.95. The molecule has 200 valence electrons. The van der Waals surface area contributed by atoms with Crippen molar-refractivity contribution in [3.05, 3.63) is 124 Å². The maximum Gasteiger partial charge on any atom is 0.271 e. The average Bonchev–Trinajstić information content (AvgIpc) is 3.23. The molecule has 1 N–H and O–H groups in total. The van der Waals surface area contributed by atoms with Gasteiger partial charge in [-0.3, -0.25) is 14.6 Å². The number of carbonyl (C=O) groups is 1. The van der Waals surface area contributed by atoms with E-state index in [9.17, 15) is 4.79 Å². The fraction of sp³-hybridized carbons (Fsp3) is 0.273. The summed E-state index contributed by atoms with van der Waals surface area (Å²) in [5, 5.41) is 4.24. The number of carbonyl (C=O) groups excluding carboxylic acids is 1. The van der Waals surface area contributed by atoms with E-state index in [4.69, 9.17) is 0 Å². The minimum atomic E-state index is -0.209. The number of amides is 1. The van der Waals surface area contributed by atoms with E-state index in [0.717, 1.165) is 61.9 Å². The summed E-state index contributed by atoms with van der Waals surface area (Å²) in [6, 6.07) is 29.1. The molecule has 0 atom stereocenters. The highest BCUT2D eigenvalue weighted by Crippen LogP contribution is 2.20. The standard InChI is InChI=1S/C33H37N5O/c1-25-9-15-32(16-10-25)38-26(2)21-31(27(38)3)22-34-35-33(39)30-13-11-29(12-14-30)24-37-19-17-36(18-20-37)23-28-7-5-4-6-8-28/h4-16,21-22H,17-20,23-24H2,1-3H3,(H,35,39)/b34-22+. The Kier molecular flexibility index (Phi) is 8.35. The fourth-order valence-electron chi connectivity index (χ4n) is 5.20. The minimum Gasteiger partial charge on any atom is -0.318 e. The minimum absolute atomic E-state index is 0.209. The molecule has 0 unspecified atom stereocenters. The first-order valence-corrected chi connectivity index (χ1v) is 13.6. The molecule has 1 aliphatic heterocycles. The summed E-state index contributed by atoms with van der Waals surface area (Å²) >= 11 is 0. The van der Waals surface area contributed by atoms with Crippen LogP contribution in [0.5, 0.6) is 0 Å². The second kappa shape index (κ2) is 12.2. The van der Waals surface area contributed by atoms with Crippen molar-refractivity contribution in [1.82, 2.24) is 19.8 Å². The number of nitrogens with zero attached hydrogens (tertiary/aromatic N) is 4. The Morgan fingerprint density at radius 3 is 2.00 bits per heavy atom. The Morgan fingerprint density at radius 1 is 0.795 bits per heavy atom. The smallest absolute Gasteiger partial charge is 0.271 e. The lowest BCUT2D eigenvalue weighted by Gasteiger charge is -2.34. The summed E-state index contributed by atoms with van der Waals surface area (Å²) in [4.78, 5) is 17.7.